The standard InChI is InChI=1S/C23H24N2O5S2/c1-15-8-11-22(31-15)32(26,27)14-17-23-18(6-5-7-20(23)29-3)25(24-17)13-16-9-10-19(28-2)21(12-16)30-4/h5-12H,13-14H2,1-4H3. The summed E-state index contributed by atoms with van der Waals surface area (Å²) < 4.78 is 44.5. The predicted molar refractivity (Wildman–Crippen MR) is 125 cm³/mol. The van der Waals surface area contributed by atoms with Gasteiger partial charge in [-0.15, -0.1) is 11.3 Å². The molecule has 0 bridgehead atoms. The molecule has 32 heavy (non-hydrogen) atoms. The van der Waals surface area contributed by atoms with Crippen LogP contribution in [-0.4, -0.2) is 39.5 Å². The highest BCUT2D eigenvalue weighted by Crippen LogP contribution is 2.33. The summed E-state index contributed by atoms with van der Waals surface area (Å²) >= 11 is 1.27. The molecule has 2 aromatic heterocycles. The predicted octanol–water partition coefficient (Wildman–Crippen LogP) is 4.45. The summed E-state index contributed by atoms with van der Waals surface area (Å²) in [5.74, 6) is 1.65. The highest BCUT2D eigenvalue weighted by Gasteiger charge is 2.24. The summed E-state index contributed by atoms with van der Waals surface area (Å²) in [6, 6.07) is 14.7. The van der Waals surface area contributed by atoms with Crippen molar-refractivity contribution < 1.29 is 22.6 Å². The molecule has 0 saturated carbocycles. The van der Waals surface area contributed by atoms with E-state index >= 15 is 0 Å². The van der Waals surface area contributed by atoms with Crippen molar-refractivity contribution in [2.24, 2.45) is 0 Å². The zero-order valence-corrected chi connectivity index (χ0v) is 19.9. The van der Waals surface area contributed by atoms with Crippen LogP contribution in [0.15, 0.2) is 52.7 Å². The lowest BCUT2D eigenvalue weighted by atomic mass is 10.1. The Morgan fingerprint density at radius 2 is 1.69 bits per heavy atom. The second-order valence-electron chi connectivity index (χ2n) is 7.27. The van der Waals surface area contributed by atoms with Crippen LogP contribution in [0.25, 0.3) is 10.9 Å². The number of ether oxygens (including phenoxy) is 3. The van der Waals surface area contributed by atoms with Crippen LogP contribution in [0.2, 0.25) is 0 Å². The number of thiophene rings is 1. The van der Waals surface area contributed by atoms with E-state index in [0.29, 0.717) is 39.1 Å². The van der Waals surface area contributed by atoms with Crippen molar-refractivity contribution >= 4 is 32.1 Å². The molecule has 2 heterocycles. The van der Waals surface area contributed by atoms with Gasteiger partial charge >= 0.3 is 0 Å². The molecular formula is C23H24N2O5S2. The van der Waals surface area contributed by atoms with Gasteiger partial charge in [-0.2, -0.15) is 5.10 Å². The maximum atomic E-state index is 13.1. The van der Waals surface area contributed by atoms with Crippen molar-refractivity contribution in [1.82, 2.24) is 9.78 Å². The molecule has 0 N–H and O–H groups in total. The molecule has 2 aromatic carbocycles. The lowest BCUT2D eigenvalue weighted by Crippen LogP contribution is -2.06. The van der Waals surface area contributed by atoms with E-state index in [0.717, 1.165) is 16.0 Å². The zero-order valence-electron chi connectivity index (χ0n) is 18.3. The van der Waals surface area contributed by atoms with Gasteiger partial charge in [-0.3, -0.25) is 4.68 Å². The van der Waals surface area contributed by atoms with E-state index in [2.05, 4.69) is 0 Å². The summed E-state index contributed by atoms with van der Waals surface area (Å²) in [5, 5.41) is 5.40. The Labute approximate surface area is 191 Å². The van der Waals surface area contributed by atoms with Crippen molar-refractivity contribution in [3.63, 3.8) is 0 Å². The van der Waals surface area contributed by atoms with Crippen LogP contribution in [0.5, 0.6) is 17.2 Å². The fourth-order valence-corrected chi connectivity index (χ4v) is 6.30. The van der Waals surface area contributed by atoms with Crippen LogP contribution in [0.3, 0.4) is 0 Å². The van der Waals surface area contributed by atoms with Crippen LogP contribution >= 0.6 is 11.3 Å². The molecule has 7 nitrogen and oxygen atoms in total. The molecule has 168 valence electrons. The number of sulfone groups is 1. The fourth-order valence-electron chi connectivity index (χ4n) is 3.65. The summed E-state index contributed by atoms with van der Waals surface area (Å²) in [5.41, 5.74) is 2.20. The molecular weight excluding hydrogens is 448 g/mol. The minimum Gasteiger partial charge on any atom is -0.496 e. The third kappa shape index (κ3) is 4.18. The molecule has 0 aliphatic rings. The Kier molecular flexibility index (Phi) is 6.12. The first-order valence-corrected chi connectivity index (χ1v) is 12.4. The van der Waals surface area contributed by atoms with Gasteiger partial charge in [0.2, 0.25) is 0 Å². The van der Waals surface area contributed by atoms with Gasteiger partial charge in [-0.1, -0.05) is 12.1 Å². The molecule has 0 unspecified atom stereocenters. The van der Waals surface area contributed by atoms with Crippen LogP contribution in [0.4, 0.5) is 0 Å². The third-order valence-corrected chi connectivity index (χ3v) is 8.37. The average molecular weight is 473 g/mol. The van der Waals surface area contributed by atoms with Crippen molar-refractivity contribution in [2.75, 3.05) is 21.3 Å². The van der Waals surface area contributed by atoms with E-state index in [9.17, 15) is 8.42 Å². The molecule has 0 aliphatic heterocycles. The van der Waals surface area contributed by atoms with Gasteiger partial charge in [0.25, 0.3) is 0 Å². The zero-order chi connectivity index (χ0) is 22.9. The number of methoxy groups -OCH3 is 3. The lowest BCUT2D eigenvalue weighted by molar-refractivity contribution is 0.354. The molecule has 0 spiro atoms. The van der Waals surface area contributed by atoms with Gasteiger partial charge in [0.1, 0.15) is 15.7 Å². The third-order valence-electron chi connectivity index (χ3n) is 5.16. The van der Waals surface area contributed by atoms with Gasteiger partial charge in [-0.05, 0) is 48.9 Å². The summed E-state index contributed by atoms with van der Waals surface area (Å²) in [7, 11) is 1.21. The van der Waals surface area contributed by atoms with Crippen LogP contribution in [-0.2, 0) is 22.1 Å². The van der Waals surface area contributed by atoms with E-state index < -0.39 is 9.84 Å². The maximum absolute atomic E-state index is 13.1. The molecule has 0 atom stereocenters. The van der Waals surface area contributed by atoms with Gasteiger partial charge in [0, 0.05) is 4.88 Å². The van der Waals surface area contributed by atoms with Crippen LogP contribution in [0, 0.1) is 6.92 Å². The van der Waals surface area contributed by atoms with E-state index in [-0.39, 0.29) is 5.75 Å². The lowest BCUT2D eigenvalue weighted by Gasteiger charge is -2.10. The molecule has 4 rings (SSSR count). The molecule has 0 aliphatic carbocycles. The Morgan fingerprint density at radius 3 is 2.34 bits per heavy atom. The summed E-state index contributed by atoms with van der Waals surface area (Å²) in [4.78, 5) is 0.949. The minimum atomic E-state index is -3.54. The second-order valence-corrected chi connectivity index (χ2v) is 10.8. The number of hydrogen-bond acceptors (Lipinski definition) is 7. The molecule has 9 heteroatoms. The number of rotatable bonds is 8. The fraction of sp³-hybridized carbons (Fsp3) is 0.261. The highest BCUT2D eigenvalue weighted by atomic mass is 32.2. The van der Waals surface area contributed by atoms with Crippen LogP contribution in [0.1, 0.15) is 16.1 Å². The van der Waals surface area contributed by atoms with Gasteiger partial charge in [0.15, 0.2) is 21.3 Å². The monoisotopic (exact) mass is 472 g/mol. The highest BCUT2D eigenvalue weighted by molar-refractivity contribution is 7.92. The summed E-state index contributed by atoms with van der Waals surface area (Å²) in [6.45, 7) is 2.32. The van der Waals surface area contributed by atoms with E-state index in [1.807, 2.05) is 49.4 Å². The summed E-state index contributed by atoms with van der Waals surface area (Å²) in [6.07, 6.45) is 0. The smallest absolute Gasteiger partial charge is 0.193 e. The number of nitrogens with zero attached hydrogens (tertiary/aromatic N) is 2. The van der Waals surface area contributed by atoms with E-state index in [1.165, 1.54) is 11.3 Å². The van der Waals surface area contributed by atoms with Gasteiger partial charge < -0.3 is 14.2 Å². The topological polar surface area (TPSA) is 79.7 Å². The van der Waals surface area contributed by atoms with Crippen LogP contribution < -0.4 is 14.2 Å². The molecule has 0 amide bonds. The molecule has 0 saturated heterocycles. The van der Waals surface area contributed by atoms with Gasteiger partial charge in [0.05, 0.1) is 44.5 Å². The van der Waals surface area contributed by atoms with E-state index in [4.69, 9.17) is 19.3 Å². The normalized spacial score (nSPS) is 11.6. The number of fused-ring (bicyclic) bond motifs is 1. The SMILES string of the molecule is COc1ccc(Cn2nc(CS(=O)(=O)c3ccc(C)s3)c3c(OC)cccc32)cc1OC. The molecule has 0 radical (unpaired) electrons. The Morgan fingerprint density at radius 1 is 0.938 bits per heavy atom. The number of hydrogen-bond donors (Lipinski definition) is 0. The molecule has 0 fully saturated rings. The average Bonchev–Trinajstić information content (AvgIpc) is 3.37. The quantitative estimate of drug-likeness (QED) is 0.377. The van der Waals surface area contributed by atoms with Crippen molar-refractivity contribution in [1.29, 1.82) is 0 Å². The first-order valence-electron chi connectivity index (χ1n) is 9.88. The first kappa shape index (κ1) is 22.2. The van der Waals surface area contributed by atoms with Crippen molar-refractivity contribution in [3.05, 3.63) is 64.7 Å². The maximum Gasteiger partial charge on any atom is 0.193 e. The van der Waals surface area contributed by atoms with E-state index in [1.54, 1.807) is 32.1 Å². The Bertz CT molecular complexity index is 1370. The number of aryl methyl sites for hydroxylation is 1. The molecule has 4 aromatic rings. The minimum absolute atomic E-state index is 0.206. The van der Waals surface area contributed by atoms with Crippen molar-refractivity contribution in [2.45, 2.75) is 23.4 Å². The largest absolute Gasteiger partial charge is 0.496 e. The Hall–Kier alpha value is -3.04. The number of benzene rings is 2. The van der Waals surface area contributed by atoms with Gasteiger partial charge in [-0.25, -0.2) is 8.42 Å². The first-order chi connectivity index (χ1) is 15.4. The van der Waals surface area contributed by atoms with Crippen molar-refractivity contribution in [3.8, 4) is 17.2 Å². The Balaban J connectivity index is 1.78. The number of aromatic nitrogens is 2. The second kappa shape index (κ2) is 8.84.